The van der Waals surface area contributed by atoms with Crippen molar-refractivity contribution in [3.8, 4) is 39.8 Å². The monoisotopic (exact) mass is 902 g/mol. The number of pyridine rings is 1. The molecule has 0 fully saturated rings. The molecule has 0 atom stereocenters. The maximum atomic E-state index is 7.20. The minimum Gasteiger partial charge on any atom is -0.458 e. The summed E-state index contributed by atoms with van der Waals surface area (Å²) in [5.74, 6) is 2.40. The molecule has 3 heterocycles. The molecular weight excluding hydrogens is 841 g/mol. The number of fused-ring (bicyclic) bond motifs is 3. The first-order valence-electron chi connectivity index (χ1n) is 24.2. The number of benzene rings is 7. The van der Waals surface area contributed by atoms with Crippen molar-refractivity contribution in [3.63, 3.8) is 0 Å². The number of hydrogen-bond acceptors (Lipinski definition) is 2. The summed E-state index contributed by atoms with van der Waals surface area (Å²) in [7, 11) is 0. The Kier molecular flexibility index (Phi) is 11.3. The molecule has 5 heteroatoms. The molecule has 69 heavy (non-hydrogen) atoms. The fourth-order valence-electron chi connectivity index (χ4n) is 9.81. The zero-order valence-electron chi connectivity index (χ0n) is 41.7. The summed E-state index contributed by atoms with van der Waals surface area (Å²) >= 11 is 0. The molecule has 0 aliphatic carbocycles. The van der Waals surface area contributed by atoms with E-state index in [1.54, 1.807) is 0 Å². The molecule has 0 saturated carbocycles. The largest absolute Gasteiger partial charge is 0.458 e. The number of para-hydroxylation sites is 1. The van der Waals surface area contributed by atoms with Gasteiger partial charge < -0.3 is 4.74 Å². The quantitative estimate of drug-likeness (QED) is 0.101. The number of hydrogen-bond donors (Lipinski definition) is 0. The second-order valence-electron chi connectivity index (χ2n) is 21.7. The third-order valence-corrected chi connectivity index (χ3v) is 14.1. The van der Waals surface area contributed by atoms with Crippen LogP contribution in [0.3, 0.4) is 0 Å². The van der Waals surface area contributed by atoms with Crippen LogP contribution in [0.1, 0.15) is 103 Å². The van der Waals surface area contributed by atoms with Gasteiger partial charge in [-0.1, -0.05) is 184 Å². The van der Waals surface area contributed by atoms with E-state index in [1.807, 2.05) is 6.20 Å². The van der Waals surface area contributed by atoms with Crippen molar-refractivity contribution < 1.29 is 9.30 Å². The van der Waals surface area contributed by atoms with Crippen LogP contribution >= 0.6 is 0 Å². The molecule has 10 aromatic rings. The molecule has 0 aliphatic rings. The first-order valence-corrected chi connectivity index (χ1v) is 24.2. The number of aromatic nitrogens is 4. The molecule has 344 valence electrons. The Balaban J connectivity index is 1.13. The Morgan fingerprint density at radius 3 is 1.75 bits per heavy atom. The SMILES string of the molecule is CC(C)(C)c1ccnc(-n2c3ccccc3c3c(C(C)(C)C)cc(Oc4cc(-n5[c-][n+](-c6cc(-c7ccccc7)cc(C(C)(C)c7ccccc7)c6)cc5)cc(C(C)(C)c5ccccc5)c4)cc32)c1. The molecule has 0 amide bonds. The minimum absolute atomic E-state index is 0.0393. The van der Waals surface area contributed by atoms with Crippen molar-refractivity contribution in [2.75, 3.05) is 0 Å². The van der Waals surface area contributed by atoms with Crippen molar-refractivity contribution in [3.05, 3.63) is 234 Å². The number of ether oxygens (including phenoxy) is 1. The molecule has 0 bridgehead atoms. The van der Waals surface area contributed by atoms with Crippen LogP contribution in [-0.2, 0) is 21.7 Å². The highest BCUT2D eigenvalue weighted by atomic mass is 16.5. The van der Waals surface area contributed by atoms with Crippen LogP contribution in [-0.4, -0.2) is 14.1 Å². The second kappa shape index (κ2) is 17.2. The molecule has 3 aromatic heterocycles. The first kappa shape index (κ1) is 45.3. The summed E-state index contributed by atoms with van der Waals surface area (Å²) in [5, 5.41) is 2.41. The van der Waals surface area contributed by atoms with E-state index in [4.69, 9.17) is 9.72 Å². The molecular formula is C64H62N4O. The van der Waals surface area contributed by atoms with Gasteiger partial charge in [0.15, 0.2) is 0 Å². The highest BCUT2D eigenvalue weighted by molar-refractivity contribution is 6.11. The van der Waals surface area contributed by atoms with Crippen LogP contribution < -0.4 is 9.30 Å². The van der Waals surface area contributed by atoms with Crippen molar-refractivity contribution in [2.24, 2.45) is 0 Å². The van der Waals surface area contributed by atoms with E-state index in [0.717, 1.165) is 50.9 Å². The van der Waals surface area contributed by atoms with Crippen LogP contribution in [0.4, 0.5) is 0 Å². The van der Waals surface area contributed by atoms with Gasteiger partial charge in [0.25, 0.3) is 6.33 Å². The maximum absolute atomic E-state index is 7.20. The predicted molar refractivity (Wildman–Crippen MR) is 285 cm³/mol. The topological polar surface area (TPSA) is 35.9 Å². The summed E-state index contributed by atoms with van der Waals surface area (Å²) in [6, 6.07) is 63.2. The number of imidazole rings is 1. The van der Waals surface area contributed by atoms with Gasteiger partial charge in [0.1, 0.15) is 17.3 Å². The van der Waals surface area contributed by atoms with E-state index in [2.05, 4.69) is 278 Å². The van der Waals surface area contributed by atoms with Crippen LogP contribution in [0.25, 0.3) is 50.1 Å². The standard InChI is InChI=1S/C64H62N4O/c1-61(2,3)48-30-31-65-59(39-48)68-57-29-21-20-28-55(57)60-56(62(4,5)6)41-54(42-58(60)68)69-53-38-50(64(9,10)47-26-18-13-19-27-47)37-52(40-53)67-33-32-66(43-67)51-35-45(44-22-14-11-15-23-44)34-49(36-51)63(7,8)46-24-16-12-17-25-46/h11-42H,1-10H3. The molecule has 7 aromatic carbocycles. The molecule has 0 radical (unpaired) electrons. The Morgan fingerprint density at radius 1 is 0.493 bits per heavy atom. The zero-order chi connectivity index (χ0) is 48.3. The van der Waals surface area contributed by atoms with Gasteiger partial charge in [-0.15, -0.1) is 0 Å². The third-order valence-electron chi connectivity index (χ3n) is 14.1. The van der Waals surface area contributed by atoms with E-state index in [1.165, 1.54) is 44.2 Å². The normalized spacial score (nSPS) is 12.5. The van der Waals surface area contributed by atoms with E-state index in [-0.39, 0.29) is 21.7 Å². The lowest BCUT2D eigenvalue weighted by molar-refractivity contribution is -0.599. The van der Waals surface area contributed by atoms with Crippen LogP contribution in [0.15, 0.2) is 195 Å². The van der Waals surface area contributed by atoms with Crippen molar-refractivity contribution in [1.82, 2.24) is 14.1 Å². The van der Waals surface area contributed by atoms with Gasteiger partial charge in [-0.2, -0.15) is 0 Å². The second-order valence-corrected chi connectivity index (χ2v) is 21.7. The molecule has 10 rings (SSSR count). The lowest BCUT2D eigenvalue weighted by Crippen LogP contribution is -2.29. The molecule has 0 unspecified atom stereocenters. The number of nitrogens with zero attached hydrogens (tertiary/aromatic N) is 4. The number of rotatable bonds is 10. The fourth-order valence-corrected chi connectivity index (χ4v) is 9.81. The maximum Gasteiger partial charge on any atom is 0.268 e. The summed E-state index contributed by atoms with van der Waals surface area (Å²) in [6.07, 6.45) is 9.86. The Hall–Kier alpha value is -7.50. The van der Waals surface area contributed by atoms with Gasteiger partial charge in [-0.3, -0.25) is 13.7 Å². The summed E-state index contributed by atoms with van der Waals surface area (Å²) in [6.45, 7) is 22.8. The van der Waals surface area contributed by atoms with Gasteiger partial charge in [0, 0.05) is 46.3 Å². The molecule has 0 aliphatic heterocycles. The lowest BCUT2D eigenvalue weighted by atomic mass is 9.77. The molecule has 0 saturated heterocycles. The minimum atomic E-state index is -0.350. The smallest absolute Gasteiger partial charge is 0.268 e. The first-order chi connectivity index (χ1) is 32.9. The highest BCUT2D eigenvalue weighted by Gasteiger charge is 2.28. The average molecular weight is 903 g/mol. The van der Waals surface area contributed by atoms with Crippen molar-refractivity contribution >= 4 is 21.8 Å². The molecule has 0 N–H and O–H groups in total. The Labute approximate surface area is 408 Å². The fraction of sp³-hybridized carbons (Fsp3) is 0.219. The van der Waals surface area contributed by atoms with Gasteiger partial charge in [0.05, 0.1) is 22.4 Å². The van der Waals surface area contributed by atoms with Gasteiger partial charge in [0.2, 0.25) is 0 Å². The van der Waals surface area contributed by atoms with E-state index in [0.29, 0.717) is 0 Å². The summed E-state index contributed by atoms with van der Waals surface area (Å²) < 4.78 is 13.7. The zero-order valence-corrected chi connectivity index (χ0v) is 41.7. The van der Waals surface area contributed by atoms with E-state index in [9.17, 15) is 0 Å². The third kappa shape index (κ3) is 8.67. The van der Waals surface area contributed by atoms with Gasteiger partial charge >= 0.3 is 0 Å². The highest BCUT2D eigenvalue weighted by Crippen LogP contribution is 2.44. The van der Waals surface area contributed by atoms with Crippen molar-refractivity contribution in [2.45, 2.75) is 90.9 Å². The lowest BCUT2D eigenvalue weighted by Gasteiger charge is -2.28. The molecule has 0 spiro atoms. The van der Waals surface area contributed by atoms with Crippen molar-refractivity contribution in [1.29, 1.82) is 0 Å². The van der Waals surface area contributed by atoms with Crippen LogP contribution in [0.5, 0.6) is 11.5 Å². The molecule has 5 nitrogen and oxygen atoms in total. The van der Waals surface area contributed by atoms with E-state index >= 15 is 0 Å². The summed E-state index contributed by atoms with van der Waals surface area (Å²) in [4.78, 5) is 5.00. The Bertz CT molecular complexity index is 3470. The van der Waals surface area contributed by atoms with Crippen LogP contribution in [0, 0.1) is 6.33 Å². The van der Waals surface area contributed by atoms with Gasteiger partial charge in [-0.25, -0.2) is 4.98 Å². The van der Waals surface area contributed by atoms with Gasteiger partial charge in [-0.05, 0) is 110 Å². The van der Waals surface area contributed by atoms with E-state index < -0.39 is 0 Å². The Morgan fingerprint density at radius 2 is 1.10 bits per heavy atom. The average Bonchev–Trinajstić information content (AvgIpc) is 3.98. The van der Waals surface area contributed by atoms with Crippen LogP contribution in [0.2, 0.25) is 0 Å². The predicted octanol–water partition coefficient (Wildman–Crippen LogP) is 15.8. The summed E-state index contributed by atoms with van der Waals surface area (Å²) in [5.41, 5.74) is 12.9.